The molecule has 8 nitrogen and oxygen atoms in total. The van der Waals surface area contributed by atoms with Crippen LogP contribution >= 0.6 is 0 Å². The van der Waals surface area contributed by atoms with Crippen molar-refractivity contribution in [3.8, 4) is 0 Å². The highest BCUT2D eigenvalue weighted by Crippen LogP contribution is 2.33. The maximum Gasteiger partial charge on any atom is 0.389 e. The molecule has 0 saturated carbocycles. The molecule has 2 heterocycles. The summed E-state index contributed by atoms with van der Waals surface area (Å²) < 4.78 is 70.4. The fourth-order valence-electron chi connectivity index (χ4n) is 2.53. The van der Waals surface area contributed by atoms with Crippen LogP contribution in [-0.2, 0) is 20.0 Å². The Kier molecular flexibility index (Phi) is 6.41. The number of sulfone groups is 1. The average molecular weight is 451 g/mol. The molecule has 0 aliphatic rings. The monoisotopic (exact) mass is 451 g/mol. The molecule has 30 heavy (non-hydrogen) atoms. The molecule has 12 heteroatoms. The Balaban J connectivity index is 2.12. The number of alkyl halides is 3. The summed E-state index contributed by atoms with van der Waals surface area (Å²) in [6, 6.07) is 1.42. The number of carbonyl (C=O) groups is 1. The van der Waals surface area contributed by atoms with E-state index in [2.05, 4.69) is 15.5 Å². The van der Waals surface area contributed by atoms with Crippen molar-refractivity contribution in [3.63, 3.8) is 0 Å². The topological polar surface area (TPSA) is 115 Å². The third-order valence-electron chi connectivity index (χ3n) is 4.82. The predicted molar refractivity (Wildman–Crippen MR) is 102 cm³/mol. The Labute approximate surface area is 172 Å². The second kappa shape index (κ2) is 8.05. The van der Waals surface area contributed by atoms with Gasteiger partial charge in [0.1, 0.15) is 10.5 Å². The van der Waals surface area contributed by atoms with Crippen LogP contribution < -0.4 is 5.32 Å². The minimum Gasteiger partial charge on any atom is -0.445 e. The quantitative estimate of drug-likeness (QED) is 0.649. The molecule has 2 aromatic rings. The van der Waals surface area contributed by atoms with Crippen molar-refractivity contribution in [2.75, 3.05) is 11.1 Å². The number of anilines is 1. The normalized spacial score (nSPS) is 13.5. The second-order valence-corrected chi connectivity index (χ2v) is 10.6. The molecule has 0 aliphatic carbocycles. The number of hydrogen-bond donors (Lipinski definition) is 1. The molecule has 168 valence electrons. The van der Waals surface area contributed by atoms with Crippen LogP contribution in [0.1, 0.15) is 57.9 Å². The fourth-order valence-corrected chi connectivity index (χ4v) is 3.89. The van der Waals surface area contributed by atoms with Crippen molar-refractivity contribution in [2.24, 2.45) is 0 Å². The Bertz CT molecular complexity index is 1010. The van der Waals surface area contributed by atoms with Crippen molar-refractivity contribution in [1.82, 2.24) is 10.1 Å². The SMILES string of the molecule is Cc1ncc(C(C)(C)c2cc(NC(=O)C(C)(C)S(=O)(=O)CCCC(F)(F)F)on2)o1. The van der Waals surface area contributed by atoms with E-state index in [1.54, 1.807) is 27.0 Å². The lowest BCUT2D eigenvalue weighted by atomic mass is 9.87. The minimum atomic E-state index is -4.47. The van der Waals surface area contributed by atoms with Gasteiger partial charge in [0.25, 0.3) is 0 Å². The van der Waals surface area contributed by atoms with Crippen molar-refractivity contribution >= 4 is 21.6 Å². The molecule has 0 atom stereocenters. The second-order valence-electron chi connectivity index (χ2n) is 7.95. The van der Waals surface area contributed by atoms with E-state index in [1.807, 2.05) is 0 Å². The molecule has 1 N–H and O–H groups in total. The van der Waals surface area contributed by atoms with Gasteiger partial charge < -0.3 is 8.94 Å². The number of halogens is 3. The number of aryl methyl sites for hydroxylation is 1. The van der Waals surface area contributed by atoms with Gasteiger partial charge in [-0.15, -0.1) is 0 Å². The van der Waals surface area contributed by atoms with Gasteiger partial charge in [-0.3, -0.25) is 10.1 Å². The molecule has 0 saturated heterocycles. The molecule has 2 aromatic heterocycles. The number of rotatable bonds is 8. The molecular weight excluding hydrogens is 427 g/mol. The number of oxazole rings is 1. The van der Waals surface area contributed by atoms with E-state index < -0.39 is 50.7 Å². The summed E-state index contributed by atoms with van der Waals surface area (Å²) in [6.07, 6.45) is -4.79. The van der Waals surface area contributed by atoms with Gasteiger partial charge in [-0.1, -0.05) is 5.16 Å². The van der Waals surface area contributed by atoms with E-state index in [1.165, 1.54) is 6.07 Å². The fraction of sp³-hybridized carbons (Fsp3) is 0.611. The van der Waals surface area contributed by atoms with E-state index in [-0.39, 0.29) is 5.88 Å². The van der Waals surface area contributed by atoms with Gasteiger partial charge in [0.2, 0.25) is 11.8 Å². The first-order chi connectivity index (χ1) is 13.6. The summed E-state index contributed by atoms with van der Waals surface area (Å²) in [4.78, 5) is 16.6. The van der Waals surface area contributed by atoms with Gasteiger partial charge in [-0.25, -0.2) is 13.4 Å². The third kappa shape index (κ3) is 5.21. The first-order valence-corrected chi connectivity index (χ1v) is 10.7. The number of aromatic nitrogens is 2. The van der Waals surface area contributed by atoms with Gasteiger partial charge in [0.05, 0.1) is 23.1 Å². The largest absolute Gasteiger partial charge is 0.445 e. The van der Waals surface area contributed by atoms with Crippen molar-refractivity contribution in [2.45, 2.75) is 63.8 Å². The van der Waals surface area contributed by atoms with E-state index in [9.17, 15) is 26.4 Å². The number of carbonyl (C=O) groups excluding carboxylic acids is 1. The van der Waals surface area contributed by atoms with Gasteiger partial charge >= 0.3 is 6.18 Å². The number of nitrogens with zero attached hydrogens (tertiary/aromatic N) is 2. The number of nitrogens with one attached hydrogen (secondary N) is 1. The zero-order chi connectivity index (χ0) is 23.0. The Morgan fingerprint density at radius 2 is 1.83 bits per heavy atom. The summed E-state index contributed by atoms with van der Waals surface area (Å²) in [5, 5.41) is 6.22. The molecule has 0 radical (unpaired) electrons. The highest BCUT2D eigenvalue weighted by molar-refractivity contribution is 7.93. The minimum absolute atomic E-state index is 0.0992. The van der Waals surface area contributed by atoms with Crippen molar-refractivity contribution < 1.29 is 35.3 Å². The average Bonchev–Trinajstić information content (AvgIpc) is 3.23. The molecule has 0 spiro atoms. The maximum absolute atomic E-state index is 12.5. The van der Waals surface area contributed by atoms with E-state index >= 15 is 0 Å². The lowest BCUT2D eigenvalue weighted by Crippen LogP contribution is -2.45. The number of amides is 1. The van der Waals surface area contributed by atoms with Crippen LogP contribution in [0.25, 0.3) is 0 Å². The van der Waals surface area contributed by atoms with Crippen molar-refractivity contribution in [3.05, 3.63) is 29.6 Å². The first kappa shape index (κ1) is 23.9. The van der Waals surface area contributed by atoms with Crippen LogP contribution in [-0.4, -0.2) is 41.1 Å². The molecule has 0 fully saturated rings. The zero-order valence-corrected chi connectivity index (χ0v) is 18.1. The van der Waals surface area contributed by atoms with Crippen molar-refractivity contribution in [1.29, 1.82) is 0 Å². The first-order valence-electron chi connectivity index (χ1n) is 9.07. The highest BCUT2D eigenvalue weighted by Gasteiger charge is 2.42. The smallest absolute Gasteiger partial charge is 0.389 e. The van der Waals surface area contributed by atoms with Crippen LogP contribution in [0.2, 0.25) is 0 Å². The van der Waals surface area contributed by atoms with Gasteiger partial charge in [-0.05, 0) is 34.1 Å². The molecular formula is C18H24F3N3O5S. The van der Waals surface area contributed by atoms with Crippen LogP contribution in [0.5, 0.6) is 0 Å². The van der Waals surface area contributed by atoms with E-state index in [4.69, 9.17) is 8.94 Å². The van der Waals surface area contributed by atoms with Crippen LogP contribution in [0, 0.1) is 6.92 Å². The van der Waals surface area contributed by atoms with Gasteiger partial charge in [0, 0.05) is 19.4 Å². The lowest BCUT2D eigenvalue weighted by molar-refractivity contribution is -0.134. The molecule has 1 amide bonds. The maximum atomic E-state index is 12.5. The molecule has 2 rings (SSSR count). The Morgan fingerprint density at radius 1 is 1.20 bits per heavy atom. The molecule has 0 unspecified atom stereocenters. The third-order valence-corrected chi connectivity index (χ3v) is 7.39. The highest BCUT2D eigenvalue weighted by atomic mass is 32.2. The number of hydrogen-bond acceptors (Lipinski definition) is 7. The summed E-state index contributed by atoms with van der Waals surface area (Å²) >= 11 is 0. The summed E-state index contributed by atoms with van der Waals surface area (Å²) in [7, 11) is -4.16. The molecule has 0 aliphatic heterocycles. The van der Waals surface area contributed by atoms with Crippen LogP contribution in [0.4, 0.5) is 19.1 Å². The lowest BCUT2D eigenvalue weighted by Gasteiger charge is -2.23. The van der Waals surface area contributed by atoms with E-state index in [0.29, 0.717) is 17.3 Å². The van der Waals surface area contributed by atoms with Crippen LogP contribution in [0.3, 0.4) is 0 Å². The summed E-state index contributed by atoms with van der Waals surface area (Å²) in [6.45, 7) is 7.54. The van der Waals surface area contributed by atoms with Gasteiger partial charge in [0.15, 0.2) is 15.7 Å². The van der Waals surface area contributed by atoms with Crippen LogP contribution in [0.15, 0.2) is 21.2 Å². The standard InChI is InChI=1S/C18H24F3N3O5S/c1-11-22-10-13(28-11)16(2,3)12-9-14(29-24-12)23-15(25)17(4,5)30(26,27)8-6-7-18(19,20)21/h9-10H,6-8H2,1-5H3,(H,23,25). The summed E-state index contributed by atoms with van der Waals surface area (Å²) in [5.74, 6) is -0.832. The van der Waals surface area contributed by atoms with Gasteiger partial charge in [-0.2, -0.15) is 13.2 Å². The summed E-state index contributed by atoms with van der Waals surface area (Å²) in [5.41, 5.74) is -0.341. The Morgan fingerprint density at radius 3 is 2.37 bits per heavy atom. The molecule has 0 bridgehead atoms. The predicted octanol–water partition coefficient (Wildman–Crippen LogP) is 3.77. The zero-order valence-electron chi connectivity index (χ0n) is 17.3. The Hall–Kier alpha value is -2.37. The molecule has 0 aromatic carbocycles. The van der Waals surface area contributed by atoms with E-state index in [0.717, 1.165) is 13.8 Å².